The molecule has 0 amide bonds. The van der Waals surface area contributed by atoms with E-state index < -0.39 is 5.97 Å². The minimum atomic E-state index is -0.759. The van der Waals surface area contributed by atoms with Gasteiger partial charge in [-0.15, -0.1) is 11.3 Å². The summed E-state index contributed by atoms with van der Waals surface area (Å²) in [6, 6.07) is 3.89. The Morgan fingerprint density at radius 3 is 3.00 bits per heavy atom. The number of aliphatic carboxylic acids is 1. The Bertz CT molecular complexity index is 557. The molecule has 0 aliphatic heterocycles. The van der Waals surface area contributed by atoms with Gasteiger partial charge in [0.1, 0.15) is 0 Å². The van der Waals surface area contributed by atoms with E-state index in [2.05, 4.69) is 9.97 Å². The van der Waals surface area contributed by atoms with Crippen molar-refractivity contribution in [3.05, 3.63) is 34.9 Å². The van der Waals surface area contributed by atoms with Crippen molar-refractivity contribution in [2.75, 3.05) is 20.1 Å². The van der Waals surface area contributed by atoms with Crippen LogP contribution in [-0.2, 0) is 11.2 Å². The molecule has 2 aromatic heterocycles. The van der Waals surface area contributed by atoms with Gasteiger partial charge in [-0.2, -0.15) is 0 Å². The second-order valence-corrected chi connectivity index (χ2v) is 5.51. The van der Waals surface area contributed by atoms with Gasteiger partial charge in [-0.1, -0.05) is 0 Å². The first-order valence-electron chi connectivity index (χ1n) is 6.40. The summed E-state index contributed by atoms with van der Waals surface area (Å²) in [5, 5.41) is 11.7. The lowest BCUT2D eigenvalue weighted by Crippen LogP contribution is -2.24. The third-order valence-electron chi connectivity index (χ3n) is 2.92. The van der Waals surface area contributed by atoms with Gasteiger partial charge in [0, 0.05) is 42.8 Å². The molecule has 0 radical (unpaired) electrons. The molecule has 0 unspecified atom stereocenters. The largest absolute Gasteiger partial charge is 0.481 e. The molecule has 0 bridgehead atoms. The average Bonchev–Trinajstić information content (AvgIpc) is 2.93. The minimum Gasteiger partial charge on any atom is -0.481 e. The fourth-order valence-corrected chi connectivity index (χ4v) is 2.55. The van der Waals surface area contributed by atoms with E-state index in [4.69, 9.17) is 5.11 Å². The zero-order valence-electron chi connectivity index (χ0n) is 11.3. The molecule has 2 heterocycles. The van der Waals surface area contributed by atoms with Gasteiger partial charge in [0.05, 0.1) is 17.1 Å². The fraction of sp³-hybridized carbons (Fsp3) is 0.357. The van der Waals surface area contributed by atoms with Crippen LogP contribution in [0, 0.1) is 0 Å². The summed E-state index contributed by atoms with van der Waals surface area (Å²) >= 11 is 1.63. The Morgan fingerprint density at radius 1 is 1.45 bits per heavy atom. The highest BCUT2D eigenvalue weighted by Gasteiger charge is 2.07. The van der Waals surface area contributed by atoms with E-state index in [1.165, 1.54) is 0 Å². The van der Waals surface area contributed by atoms with Gasteiger partial charge in [0.15, 0.2) is 0 Å². The van der Waals surface area contributed by atoms with Crippen molar-refractivity contribution < 1.29 is 9.90 Å². The normalized spacial score (nSPS) is 10.9. The third kappa shape index (κ3) is 4.40. The lowest BCUT2D eigenvalue weighted by atomic mass is 10.2. The number of pyridine rings is 1. The third-order valence-corrected chi connectivity index (χ3v) is 3.83. The molecule has 6 heteroatoms. The van der Waals surface area contributed by atoms with Gasteiger partial charge in [-0.05, 0) is 19.2 Å². The average molecular weight is 291 g/mol. The monoisotopic (exact) mass is 291 g/mol. The van der Waals surface area contributed by atoms with Crippen LogP contribution in [0.5, 0.6) is 0 Å². The highest BCUT2D eigenvalue weighted by molar-refractivity contribution is 7.09. The topological polar surface area (TPSA) is 66.3 Å². The summed E-state index contributed by atoms with van der Waals surface area (Å²) < 4.78 is 0. The second-order valence-electron chi connectivity index (χ2n) is 4.57. The Morgan fingerprint density at radius 2 is 2.30 bits per heavy atom. The summed E-state index contributed by atoms with van der Waals surface area (Å²) in [4.78, 5) is 21.2. The first kappa shape index (κ1) is 14.6. The summed E-state index contributed by atoms with van der Waals surface area (Å²) in [7, 11) is 1.93. The van der Waals surface area contributed by atoms with Crippen LogP contribution in [0.4, 0.5) is 0 Å². The summed E-state index contributed by atoms with van der Waals surface area (Å²) in [5.74, 6) is -0.759. The van der Waals surface area contributed by atoms with Crippen molar-refractivity contribution in [1.82, 2.24) is 14.9 Å². The fourth-order valence-electron chi connectivity index (χ4n) is 1.76. The first-order valence-corrected chi connectivity index (χ1v) is 7.28. The van der Waals surface area contributed by atoms with Gasteiger partial charge < -0.3 is 10.0 Å². The first-order chi connectivity index (χ1) is 9.65. The number of carboxylic acids is 1. The molecule has 2 aromatic rings. The molecule has 1 N–H and O–H groups in total. The molecule has 0 aromatic carbocycles. The van der Waals surface area contributed by atoms with E-state index in [9.17, 15) is 4.79 Å². The van der Waals surface area contributed by atoms with E-state index in [1.807, 2.05) is 29.5 Å². The Balaban J connectivity index is 1.86. The molecule has 0 saturated heterocycles. The maximum absolute atomic E-state index is 10.5. The maximum Gasteiger partial charge on any atom is 0.304 e. The molecule has 2 rings (SSSR count). The van der Waals surface area contributed by atoms with E-state index in [0.29, 0.717) is 6.54 Å². The molecule has 0 spiro atoms. The van der Waals surface area contributed by atoms with Gasteiger partial charge in [0.2, 0.25) is 0 Å². The highest BCUT2D eigenvalue weighted by atomic mass is 32.1. The van der Waals surface area contributed by atoms with Gasteiger partial charge >= 0.3 is 5.97 Å². The SMILES string of the molecule is CN(CCC(=O)O)CCc1nc(-c2cccnc2)cs1. The standard InChI is InChI=1S/C14H17N3O2S/c1-17(8-5-14(18)19)7-4-13-16-12(10-20-13)11-3-2-6-15-9-11/h2-3,6,9-10H,4-5,7-8H2,1H3,(H,18,19). The van der Waals surface area contributed by atoms with Crippen molar-refractivity contribution in [3.63, 3.8) is 0 Å². The van der Waals surface area contributed by atoms with Crippen LogP contribution in [0.1, 0.15) is 11.4 Å². The summed E-state index contributed by atoms with van der Waals surface area (Å²) in [6.07, 6.45) is 4.56. The van der Waals surface area contributed by atoms with Gasteiger partial charge in [-0.3, -0.25) is 9.78 Å². The zero-order chi connectivity index (χ0) is 14.4. The van der Waals surface area contributed by atoms with Crippen LogP contribution in [0.3, 0.4) is 0 Å². The van der Waals surface area contributed by atoms with E-state index in [-0.39, 0.29) is 6.42 Å². The quantitative estimate of drug-likeness (QED) is 0.846. The van der Waals surface area contributed by atoms with Crippen molar-refractivity contribution in [3.8, 4) is 11.3 Å². The highest BCUT2D eigenvalue weighted by Crippen LogP contribution is 2.21. The van der Waals surface area contributed by atoms with Gasteiger partial charge in [0.25, 0.3) is 0 Å². The Hall–Kier alpha value is -1.79. The Kier molecular flexibility index (Phi) is 5.20. The number of hydrogen-bond donors (Lipinski definition) is 1. The number of carboxylic acid groups (broad SMARTS) is 1. The number of nitrogens with zero attached hydrogens (tertiary/aromatic N) is 3. The van der Waals surface area contributed by atoms with Crippen molar-refractivity contribution in [1.29, 1.82) is 0 Å². The Labute approximate surface area is 121 Å². The van der Waals surface area contributed by atoms with Crippen LogP contribution in [0.25, 0.3) is 11.3 Å². The van der Waals surface area contributed by atoms with Crippen molar-refractivity contribution in [2.24, 2.45) is 0 Å². The maximum atomic E-state index is 10.5. The van der Waals surface area contributed by atoms with Gasteiger partial charge in [-0.25, -0.2) is 4.98 Å². The lowest BCUT2D eigenvalue weighted by molar-refractivity contribution is -0.137. The van der Waals surface area contributed by atoms with Crippen molar-refractivity contribution >= 4 is 17.3 Å². The minimum absolute atomic E-state index is 0.176. The van der Waals surface area contributed by atoms with Crippen LogP contribution in [0.15, 0.2) is 29.9 Å². The van der Waals surface area contributed by atoms with E-state index >= 15 is 0 Å². The molecular formula is C14H17N3O2S. The summed E-state index contributed by atoms with van der Waals surface area (Å²) in [6.45, 7) is 1.38. The molecule has 20 heavy (non-hydrogen) atoms. The molecule has 5 nitrogen and oxygen atoms in total. The second kappa shape index (κ2) is 7.12. The zero-order valence-corrected chi connectivity index (χ0v) is 12.1. The lowest BCUT2D eigenvalue weighted by Gasteiger charge is -2.13. The molecule has 106 valence electrons. The molecular weight excluding hydrogens is 274 g/mol. The number of likely N-dealkylation sites (N-methyl/N-ethyl adjacent to an activating group) is 1. The predicted molar refractivity (Wildman–Crippen MR) is 78.8 cm³/mol. The predicted octanol–water partition coefficient (Wildman–Crippen LogP) is 2.15. The summed E-state index contributed by atoms with van der Waals surface area (Å²) in [5.41, 5.74) is 1.97. The number of aromatic nitrogens is 2. The number of thiazole rings is 1. The van der Waals surface area contributed by atoms with Crippen LogP contribution in [0.2, 0.25) is 0 Å². The molecule has 0 aliphatic rings. The van der Waals surface area contributed by atoms with E-state index in [0.717, 1.165) is 29.2 Å². The number of carbonyl (C=O) groups is 1. The molecule has 0 atom stereocenters. The molecule has 0 aliphatic carbocycles. The smallest absolute Gasteiger partial charge is 0.304 e. The van der Waals surface area contributed by atoms with E-state index in [1.54, 1.807) is 23.7 Å². The molecule has 0 saturated carbocycles. The van der Waals surface area contributed by atoms with Crippen LogP contribution >= 0.6 is 11.3 Å². The van der Waals surface area contributed by atoms with Crippen LogP contribution in [-0.4, -0.2) is 46.1 Å². The number of hydrogen-bond acceptors (Lipinski definition) is 5. The van der Waals surface area contributed by atoms with Crippen LogP contribution < -0.4 is 0 Å². The molecule has 0 fully saturated rings. The van der Waals surface area contributed by atoms with Crippen molar-refractivity contribution in [2.45, 2.75) is 12.8 Å². The number of rotatable bonds is 7.